The van der Waals surface area contributed by atoms with Crippen molar-refractivity contribution in [1.29, 1.82) is 5.41 Å². The normalized spacial score (nSPS) is 23.9. The molecule has 0 aromatic carbocycles. The Bertz CT molecular complexity index is 364. The molecule has 0 aromatic heterocycles. The van der Waals surface area contributed by atoms with E-state index in [1.54, 1.807) is 0 Å². The molecular formula is C12H17NO3. The summed E-state index contributed by atoms with van der Waals surface area (Å²) in [5, 5.41) is 17.9. The highest BCUT2D eigenvalue weighted by Crippen LogP contribution is 2.48. The van der Waals surface area contributed by atoms with Crippen molar-refractivity contribution in [1.82, 2.24) is 0 Å². The molecule has 88 valence electrons. The van der Waals surface area contributed by atoms with Gasteiger partial charge in [0.25, 0.3) is 0 Å². The molecule has 4 heteroatoms. The molecule has 1 spiro atoms. The first-order chi connectivity index (χ1) is 7.60. The summed E-state index contributed by atoms with van der Waals surface area (Å²) in [7, 11) is 1.28. The summed E-state index contributed by atoms with van der Waals surface area (Å²) in [6.07, 6.45) is 5.57. The molecule has 0 heterocycles. The lowest BCUT2D eigenvalue weighted by molar-refractivity contribution is -0.135. The molecule has 0 radical (unpaired) electrons. The molecule has 2 N–H and O–H groups in total. The fourth-order valence-corrected chi connectivity index (χ4v) is 2.88. The number of methoxy groups -OCH3 is 1. The second kappa shape index (κ2) is 3.92. The van der Waals surface area contributed by atoms with Crippen LogP contribution in [0.5, 0.6) is 0 Å². The van der Waals surface area contributed by atoms with Crippen LogP contribution in [0.3, 0.4) is 0 Å². The van der Waals surface area contributed by atoms with E-state index in [1.165, 1.54) is 13.5 Å². The standard InChI is InChI=1S/C12H17NO3/c1-16-11(15)9-8(14)7-12(10(9)13)5-3-2-4-6-12/h13-14H,2-7H2,1H3. The fourth-order valence-electron chi connectivity index (χ4n) is 2.88. The van der Waals surface area contributed by atoms with Gasteiger partial charge in [-0.15, -0.1) is 0 Å². The molecule has 2 aliphatic rings. The number of nitrogens with one attached hydrogen (secondary N) is 1. The number of hydrogen-bond acceptors (Lipinski definition) is 4. The zero-order chi connectivity index (χ0) is 11.8. The maximum Gasteiger partial charge on any atom is 0.343 e. The highest BCUT2D eigenvalue weighted by atomic mass is 16.5. The van der Waals surface area contributed by atoms with Gasteiger partial charge in [-0.2, -0.15) is 0 Å². The summed E-state index contributed by atoms with van der Waals surface area (Å²) in [4.78, 5) is 11.5. The van der Waals surface area contributed by atoms with Gasteiger partial charge in [0.15, 0.2) is 0 Å². The first-order valence-corrected chi connectivity index (χ1v) is 5.70. The highest BCUT2D eigenvalue weighted by molar-refractivity contribution is 6.22. The van der Waals surface area contributed by atoms with Crippen molar-refractivity contribution in [3.63, 3.8) is 0 Å². The lowest BCUT2D eigenvalue weighted by atomic mass is 9.70. The maximum absolute atomic E-state index is 11.5. The van der Waals surface area contributed by atoms with Gasteiger partial charge in [0.1, 0.15) is 11.3 Å². The molecule has 2 rings (SSSR count). The molecule has 0 amide bonds. The van der Waals surface area contributed by atoms with Crippen molar-refractivity contribution < 1.29 is 14.6 Å². The molecule has 0 aliphatic heterocycles. The summed E-state index contributed by atoms with van der Waals surface area (Å²) in [5.41, 5.74) is 0.104. The average Bonchev–Trinajstić information content (AvgIpc) is 2.51. The summed E-state index contributed by atoms with van der Waals surface area (Å²) in [6.45, 7) is 0. The molecule has 0 bridgehead atoms. The molecule has 1 fully saturated rings. The van der Waals surface area contributed by atoms with Crippen LogP contribution in [0.25, 0.3) is 0 Å². The van der Waals surface area contributed by atoms with Crippen molar-refractivity contribution in [3.8, 4) is 0 Å². The lowest BCUT2D eigenvalue weighted by Gasteiger charge is -2.33. The van der Waals surface area contributed by atoms with E-state index >= 15 is 0 Å². The van der Waals surface area contributed by atoms with Gasteiger partial charge in [-0.1, -0.05) is 19.3 Å². The number of esters is 1. The zero-order valence-electron chi connectivity index (χ0n) is 9.51. The van der Waals surface area contributed by atoms with Gasteiger partial charge >= 0.3 is 5.97 Å². The quantitative estimate of drug-likeness (QED) is 0.670. The molecule has 0 aromatic rings. The Kier molecular flexibility index (Phi) is 2.74. The van der Waals surface area contributed by atoms with E-state index in [1.807, 2.05) is 0 Å². The zero-order valence-corrected chi connectivity index (χ0v) is 9.51. The number of aliphatic hydroxyl groups is 1. The first-order valence-electron chi connectivity index (χ1n) is 5.70. The molecule has 0 unspecified atom stereocenters. The van der Waals surface area contributed by atoms with E-state index in [0.717, 1.165) is 25.7 Å². The van der Waals surface area contributed by atoms with Crippen molar-refractivity contribution >= 4 is 11.7 Å². The Labute approximate surface area is 94.8 Å². The predicted octanol–water partition coefficient (Wildman–Crippen LogP) is 2.35. The van der Waals surface area contributed by atoms with Crippen molar-refractivity contribution in [2.45, 2.75) is 38.5 Å². The Morgan fingerprint density at radius 3 is 2.56 bits per heavy atom. The SMILES string of the molecule is COC(=O)C1=C(O)CC2(CCCCC2)C1=N. The Hall–Kier alpha value is -1.32. The molecular weight excluding hydrogens is 206 g/mol. The number of hydrogen-bond donors (Lipinski definition) is 2. The maximum atomic E-state index is 11.5. The Morgan fingerprint density at radius 2 is 2.00 bits per heavy atom. The summed E-state index contributed by atoms with van der Waals surface area (Å²) in [6, 6.07) is 0. The van der Waals surface area contributed by atoms with Gasteiger partial charge in [0, 0.05) is 11.8 Å². The molecule has 4 nitrogen and oxygen atoms in total. The highest BCUT2D eigenvalue weighted by Gasteiger charge is 2.47. The smallest absolute Gasteiger partial charge is 0.343 e. The van der Waals surface area contributed by atoms with Crippen LogP contribution < -0.4 is 0 Å². The number of aliphatic hydroxyl groups excluding tert-OH is 1. The van der Waals surface area contributed by atoms with Crippen molar-refractivity contribution in [3.05, 3.63) is 11.3 Å². The summed E-state index contributed by atoms with van der Waals surface area (Å²) >= 11 is 0. The van der Waals surface area contributed by atoms with Gasteiger partial charge in [-0.3, -0.25) is 0 Å². The first kappa shape index (κ1) is 11.2. The van der Waals surface area contributed by atoms with Crippen LogP contribution in [0, 0.1) is 10.8 Å². The van der Waals surface area contributed by atoms with E-state index in [4.69, 9.17) is 5.41 Å². The molecule has 0 saturated heterocycles. The predicted molar refractivity (Wildman–Crippen MR) is 59.5 cm³/mol. The van der Waals surface area contributed by atoms with Crippen LogP contribution in [0.15, 0.2) is 11.3 Å². The third-order valence-corrected chi connectivity index (χ3v) is 3.77. The number of allylic oxidation sites excluding steroid dienone is 1. The van der Waals surface area contributed by atoms with Gasteiger partial charge in [0.05, 0.1) is 12.8 Å². The van der Waals surface area contributed by atoms with E-state index < -0.39 is 5.97 Å². The number of ether oxygens (including phenoxy) is 1. The second-order valence-electron chi connectivity index (χ2n) is 4.71. The van der Waals surface area contributed by atoms with Crippen LogP contribution in [0.2, 0.25) is 0 Å². The van der Waals surface area contributed by atoms with E-state index in [-0.39, 0.29) is 22.5 Å². The number of carbonyl (C=O) groups is 1. The van der Waals surface area contributed by atoms with Gasteiger partial charge in [-0.05, 0) is 12.8 Å². The molecule has 2 aliphatic carbocycles. The molecule has 0 atom stereocenters. The van der Waals surface area contributed by atoms with Crippen LogP contribution in [0.4, 0.5) is 0 Å². The Morgan fingerprint density at radius 1 is 1.38 bits per heavy atom. The van der Waals surface area contributed by atoms with Gasteiger partial charge in [-0.25, -0.2) is 4.79 Å². The second-order valence-corrected chi connectivity index (χ2v) is 4.71. The number of rotatable bonds is 1. The molecule has 16 heavy (non-hydrogen) atoms. The van der Waals surface area contributed by atoms with Crippen LogP contribution in [-0.2, 0) is 9.53 Å². The van der Waals surface area contributed by atoms with Crippen molar-refractivity contribution in [2.75, 3.05) is 7.11 Å². The van der Waals surface area contributed by atoms with E-state index in [2.05, 4.69) is 4.74 Å². The number of carbonyl (C=O) groups excluding carboxylic acids is 1. The largest absolute Gasteiger partial charge is 0.511 e. The monoisotopic (exact) mass is 223 g/mol. The van der Waals surface area contributed by atoms with Gasteiger partial charge in [0.2, 0.25) is 0 Å². The topological polar surface area (TPSA) is 70.4 Å². The van der Waals surface area contributed by atoms with Crippen LogP contribution in [0.1, 0.15) is 38.5 Å². The van der Waals surface area contributed by atoms with Crippen LogP contribution in [-0.4, -0.2) is 23.9 Å². The van der Waals surface area contributed by atoms with Crippen molar-refractivity contribution in [2.24, 2.45) is 5.41 Å². The van der Waals surface area contributed by atoms with Crippen LogP contribution >= 0.6 is 0 Å². The summed E-state index contributed by atoms with van der Waals surface area (Å²) in [5.74, 6) is -0.538. The van der Waals surface area contributed by atoms with E-state index in [0.29, 0.717) is 6.42 Å². The average molecular weight is 223 g/mol. The third-order valence-electron chi connectivity index (χ3n) is 3.77. The van der Waals surface area contributed by atoms with Gasteiger partial charge < -0.3 is 15.3 Å². The summed E-state index contributed by atoms with van der Waals surface area (Å²) < 4.78 is 4.61. The minimum absolute atomic E-state index is 0.0405. The molecule has 1 saturated carbocycles. The third kappa shape index (κ3) is 1.52. The lowest BCUT2D eigenvalue weighted by Crippen LogP contribution is -2.31. The van der Waals surface area contributed by atoms with E-state index in [9.17, 15) is 9.90 Å². The fraction of sp³-hybridized carbons (Fsp3) is 0.667. The Balaban J connectivity index is 2.27. The minimum Gasteiger partial charge on any atom is -0.511 e. The minimum atomic E-state index is -0.579.